The number of carbonyl (C=O) groups excluding carboxylic acids is 1. The van der Waals surface area contributed by atoms with Gasteiger partial charge < -0.3 is 4.90 Å². The molecule has 2 aromatic rings. The Morgan fingerprint density at radius 1 is 1.29 bits per heavy atom. The molecule has 6 heteroatoms. The zero-order valence-electron chi connectivity index (χ0n) is 14.2. The highest BCUT2D eigenvalue weighted by Gasteiger charge is 2.26. The van der Waals surface area contributed by atoms with Gasteiger partial charge in [0, 0.05) is 51.0 Å². The number of hydrogen-bond donors (Lipinski definition) is 0. The minimum Gasteiger partial charge on any atom is -0.339 e. The minimum atomic E-state index is 0.0549. The molecule has 0 N–H and O–H groups in total. The smallest absolute Gasteiger partial charge is 0.257 e. The molecule has 0 saturated carbocycles. The van der Waals surface area contributed by atoms with Gasteiger partial charge in [0.1, 0.15) is 0 Å². The maximum Gasteiger partial charge on any atom is 0.257 e. The van der Waals surface area contributed by atoms with Gasteiger partial charge in [-0.15, -0.1) is 0 Å². The quantitative estimate of drug-likeness (QED) is 0.854. The molecule has 2 heterocycles. The second-order valence-corrected chi connectivity index (χ2v) is 6.89. The standard InChI is InChI=1S/C18H23ClN4O/c1-21-13-15(11-20-21)18(24)22(2)17-7-9-23(10-8-17)12-14-3-5-16(19)6-4-14/h3-6,11,13,17H,7-10,12H2,1-2H3. The van der Waals surface area contributed by atoms with Crippen LogP contribution < -0.4 is 0 Å². The lowest BCUT2D eigenvalue weighted by atomic mass is 10.0. The molecule has 0 radical (unpaired) electrons. The monoisotopic (exact) mass is 346 g/mol. The number of benzene rings is 1. The highest BCUT2D eigenvalue weighted by atomic mass is 35.5. The van der Waals surface area contributed by atoms with Crippen LogP contribution in [0.5, 0.6) is 0 Å². The van der Waals surface area contributed by atoms with Gasteiger partial charge in [0.05, 0.1) is 11.8 Å². The molecule has 1 fully saturated rings. The van der Waals surface area contributed by atoms with Crippen molar-refractivity contribution in [3.05, 3.63) is 52.8 Å². The van der Waals surface area contributed by atoms with Crippen LogP contribution in [0, 0.1) is 0 Å². The first kappa shape index (κ1) is 17.0. The summed E-state index contributed by atoms with van der Waals surface area (Å²) in [7, 11) is 3.72. The number of piperidine rings is 1. The molecule has 1 aliphatic rings. The molecule has 24 heavy (non-hydrogen) atoms. The summed E-state index contributed by atoms with van der Waals surface area (Å²) < 4.78 is 1.66. The van der Waals surface area contributed by atoms with E-state index in [1.807, 2.05) is 31.1 Å². The third-order valence-electron chi connectivity index (χ3n) is 4.70. The van der Waals surface area contributed by atoms with Crippen molar-refractivity contribution in [1.82, 2.24) is 19.6 Å². The minimum absolute atomic E-state index is 0.0549. The van der Waals surface area contributed by atoms with Gasteiger partial charge in [0.2, 0.25) is 0 Å². The van der Waals surface area contributed by atoms with Gasteiger partial charge in [-0.05, 0) is 30.5 Å². The van der Waals surface area contributed by atoms with E-state index >= 15 is 0 Å². The van der Waals surface area contributed by atoms with Crippen LogP contribution in [0.15, 0.2) is 36.7 Å². The summed E-state index contributed by atoms with van der Waals surface area (Å²) in [4.78, 5) is 16.8. The maximum atomic E-state index is 12.5. The summed E-state index contributed by atoms with van der Waals surface area (Å²) in [5.74, 6) is 0.0549. The van der Waals surface area contributed by atoms with Crippen LogP contribution in [-0.4, -0.2) is 51.7 Å². The van der Waals surface area contributed by atoms with E-state index in [2.05, 4.69) is 22.1 Å². The SMILES string of the molecule is CN(C(=O)c1cnn(C)c1)C1CCN(Cc2ccc(Cl)cc2)CC1. The predicted molar refractivity (Wildman–Crippen MR) is 95.1 cm³/mol. The van der Waals surface area contributed by atoms with Crippen LogP contribution in [0.4, 0.5) is 0 Å². The number of aryl methyl sites for hydroxylation is 1. The maximum absolute atomic E-state index is 12.5. The molecular formula is C18H23ClN4O. The predicted octanol–water partition coefficient (Wildman–Crippen LogP) is 2.81. The van der Waals surface area contributed by atoms with Gasteiger partial charge in [-0.3, -0.25) is 14.4 Å². The molecule has 0 aliphatic carbocycles. The molecule has 3 rings (SSSR count). The third kappa shape index (κ3) is 3.97. The van der Waals surface area contributed by atoms with Crippen molar-refractivity contribution < 1.29 is 4.79 Å². The van der Waals surface area contributed by atoms with Crippen LogP contribution in [0.25, 0.3) is 0 Å². The zero-order valence-corrected chi connectivity index (χ0v) is 14.9. The Labute approximate surface area is 147 Å². The van der Waals surface area contributed by atoms with Gasteiger partial charge in [-0.1, -0.05) is 23.7 Å². The third-order valence-corrected chi connectivity index (χ3v) is 4.95. The molecule has 5 nitrogen and oxygen atoms in total. The second-order valence-electron chi connectivity index (χ2n) is 6.45. The van der Waals surface area contributed by atoms with E-state index in [4.69, 9.17) is 11.6 Å². The first-order valence-corrected chi connectivity index (χ1v) is 8.63. The van der Waals surface area contributed by atoms with E-state index in [0.717, 1.165) is 37.5 Å². The van der Waals surface area contributed by atoms with E-state index < -0.39 is 0 Å². The van der Waals surface area contributed by atoms with Crippen LogP contribution >= 0.6 is 11.6 Å². The lowest BCUT2D eigenvalue weighted by Crippen LogP contribution is -2.45. The van der Waals surface area contributed by atoms with Crippen molar-refractivity contribution in [1.29, 1.82) is 0 Å². The number of nitrogens with zero attached hydrogens (tertiary/aromatic N) is 4. The number of carbonyl (C=O) groups is 1. The van der Waals surface area contributed by atoms with Crippen LogP contribution in [-0.2, 0) is 13.6 Å². The summed E-state index contributed by atoms with van der Waals surface area (Å²) in [5, 5.41) is 4.85. The van der Waals surface area contributed by atoms with Crippen molar-refractivity contribution in [2.75, 3.05) is 20.1 Å². The molecular weight excluding hydrogens is 324 g/mol. The summed E-state index contributed by atoms with van der Waals surface area (Å²) in [6.07, 6.45) is 5.40. The Morgan fingerprint density at radius 3 is 2.54 bits per heavy atom. The van der Waals surface area contributed by atoms with Crippen molar-refractivity contribution in [2.24, 2.45) is 7.05 Å². The van der Waals surface area contributed by atoms with E-state index in [0.29, 0.717) is 11.6 Å². The highest BCUT2D eigenvalue weighted by molar-refractivity contribution is 6.30. The van der Waals surface area contributed by atoms with Gasteiger partial charge >= 0.3 is 0 Å². The summed E-state index contributed by atoms with van der Waals surface area (Å²) in [6, 6.07) is 8.31. The molecule has 1 aromatic carbocycles. The number of hydrogen-bond acceptors (Lipinski definition) is 3. The average molecular weight is 347 g/mol. The molecule has 0 atom stereocenters. The lowest BCUT2D eigenvalue weighted by molar-refractivity contribution is 0.0636. The molecule has 1 amide bonds. The molecule has 1 aromatic heterocycles. The molecule has 1 saturated heterocycles. The van der Waals surface area contributed by atoms with Crippen LogP contribution in [0.3, 0.4) is 0 Å². The van der Waals surface area contributed by atoms with Gasteiger partial charge in [0.15, 0.2) is 0 Å². The van der Waals surface area contributed by atoms with Crippen molar-refractivity contribution in [2.45, 2.75) is 25.4 Å². The fraction of sp³-hybridized carbons (Fsp3) is 0.444. The topological polar surface area (TPSA) is 41.4 Å². The first-order valence-electron chi connectivity index (χ1n) is 8.25. The Balaban J connectivity index is 1.52. The van der Waals surface area contributed by atoms with Crippen LogP contribution in [0.2, 0.25) is 5.02 Å². The van der Waals surface area contributed by atoms with E-state index in [1.165, 1.54) is 5.56 Å². The Morgan fingerprint density at radius 2 is 1.96 bits per heavy atom. The summed E-state index contributed by atoms with van der Waals surface area (Å²) in [6.45, 7) is 2.93. The molecule has 0 unspecified atom stereocenters. The lowest BCUT2D eigenvalue weighted by Gasteiger charge is -2.36. The van der Waals surface area contributed by atoms with Crippen LogP contribution in [0.1, 0.15) is 28.8 Å². The van der Waals surface area contributed by atoms with E-state index in [1.54, 1.807) is 17.1 Å². The number of amides is 1. The fourth-order valence-corrected chi connectivity index (χ4v) is 3.34. The van der Waals surface area contributed by atoms with Gasteiger partial charge in [-0.25, -0.2) is 0 Å². The van der Waals surface area contributed by atoms with Gasteiger partial charge in [0.25, 0.3) is 5.91 Å². The molecule has 128 valence electrons. The largest absolute Gasteiger partial charge is 0.339 e. The summed E-state index contributed by atoms with van der Waals surface area (Å²) in [5.41, 5.74) is 1.93. The number of halogens is 1. The van der Waals surface area contributed by atoms with Gasteiger partial charge in [-0.2, -0.15) is 5.10 Å². The Hall–Kier alpha value is -1.85. The normalized spacial score (nSPS) is 16.3. The average Bonchev–Trinajstić information content (AvgIpc) is 3.03. The first-order chi connectivity index (χ1) is 11.5. The molecule has 1 aliphatic heterocycles. The number of aromatic nitrogens is 2. The van der Waals surface area contributed by atoms with Crippen molar-refractivity contribution in [3.8, 4) is 0 Å². The van der Waals surface area contributed by atoms with E-state index in [9.17, 15) is 4.79 Å². The number of likely N-dealkylation sites (tertiary alicyclic amines) is 1. The molecule has 0 spiro atoms. The van der Waals surface area contributed by atoms with Crippen molar-refractivity contribution in [3.63, 3.8) is 0 Å². The summed E-state index contributed by atoms with van der Waals surface area (Å²) >= 11 is 5.93. The van der Waals surface area contributed by atoms with E-state index in [-0.39, 0.29) is 5.91 Å². The molecule has 0 bridgehead atoms. The fourth-order valence-electron chi connectivity index (χ4n) is 3.21. The zero-order chi connectivity index (χ0) is 17.1. The Kier molecular flexibility index (Phi) is 5.21. The Bertz CT molecular complexity index is 689. The number of rotatable bonds is 4. The van der Waals surface area contributed by atoms with Crippen molar-refractivity contribution >= 4 is 17.5 Å². The highest BCUT2D eigenvalue weighted by Crippen LogP contribution is 2.20. The second kappa shape index (κ2) is 7.36.